The van der Waals surface area contributed by atoms with Gasteiger partial charge < -0.3 is 14.2 Å². The number of methoxy groups -OCH3 is 1. The lowest BCUT2D eigenvalue weighted by Gasteiger charge is -2.24. The number of hydrogen-bond donors (Lipinski definition) is 0. The van der Waals surface area contributed by atoms with Crippen molar-refractivity contribution in [2.24, 2.45) is 0 Å². The average molecular weight is 371 g/mol. The topological polar surface area (TPSA) is 34.5 Å². The van der Waals surface area contributed by atoms with Crippen LogP contribution in [0.3, 0.4) is 0 Å². The van der Waals surface area contributed by atoms with E-state index in [-0.39, 0.29) is 5.91 Å². The third-order valence-corrected chi connectivity index (χ3v) is 5.79. The highest BCUT2D eigenvalue weighted by Crippen LogP contribution is 2.37. The van der Waals surface area contributed by atoms with Crippen LogP contribution in [-0.2, 0) is 24.2 Å². The molecule has 0 saturated heterocycles. The number of ether oxygens (including phenoxy) is 1. The van der Waals surface area contributed by atoms with Crippen LogP contribution >= 0.6 is 0 Å². The van der Waals surface area contributed by atoms with Gasteiger partial charge in [0.25, 0.3) is 0 Å². The number of aromatic nitrogens is 1. The Labute approximate surface area is 163 Å². The summed E-state index contributed by atoms with van der Waals surface area (Å²) in [7, 11) is 1.74. The van der Waals surface area contributed by atoms with Crippen LogP contribution < -0.4 is 4.74 Å². The summed E-state index contributed by atoms with van der Waals surface area (Å²) in [5, 5.41) is 1.22. The number of carbonyl (C=O) groups is 1. The molecule has 4 nitrogen and oxygen atoms in total. The monoisotopic (exact) mass is 370 g/mol. The Bertz CT molecular complexity index is 770. The molecule has 3 rings (SSSR count). The van der Waals surface area contributed by atoms with E-state index < -0.39 is 0 Å². The molecule has 0 bridgehead atoms. The van der Waals surface area contributed by atoms with Gasteiger partial charge in [-0.2, -0.15) is 0 Å². The van der Waals surface area contributed by atoms with Gasteiger partial charge in [-0.05, 0) is 56.2 Å². The van der Waals surface area contributed by atoms with Gasteiger partial charge in [-0.25, -0.2) is 0 Å². The summed E-state index contributed by atoms with van der Waals surface area (Å²) in [6.45, 7) is 6.57. The first-order chi connectivity index (χ1) is 13.2. The fraction of sp³-hybridized carbons (Fsp3) is 0.609. The Kier molecular flexibility index (Phi) is 6.81. The summed E-state index contributed by atoms with van der Waals surface area (Å²) < 4.78 is 7.93. The second-order valence-electron chi connectivity index (χ2n) is 7.66. The highest BCUT2D eigenvalue weighted by molar-refractivity contribution is 5.92. The van der Waals surface area contributed by atoms with E-state index in [2.05, 4.69) is 29.4 Å². The lowest BCUT2D eigenvalue weighted by molar-refractivity contribution is -0.132. The second-order valence-corrected chi connectivity index (χ2v) is 7.66. The normalized spacial score (nSPS) is 13.6. The maximum absolute atomic E-state index is 13.2. The first-order valence-electron chi connectivity index (χ1n) is 10.7. The standard InChI is InChI=1S/C23H34N2O2/c1-4-6-15-24(16-7-5-2)22(26)17-25-19-12-9-8-11-18(19)23-20(25)13-10-14-21(23)27-3/h10,13-14H,4-9,11-12,15-17H2,1-3H3. The molecule has 1 heterocycles. The molecule has 1 aromatic heterocycles. The lowest BCUT2D eigenvalue weighted by atomic mass is 9.95. The molecule has 1 aliphatic rings. The van der Waals surface area contributed by atoms with Crippen LogP contribution in [-0.4, -0.2) is 35.6 Å². The van der Waals surface area contributed by atoms with Crippen LogP contribution in [0.25, 0.3) is 10.9 Å². The molecular formula is C23H34N2O2. The van der Waals surface area contributed by atoms with E-state index in [1.807, 2.05) is 12.1 Å². The minimum atomic E-state index is 0.255. The number of amides is 1. The van der Waals surface area contributed by atoms with Crippen molar-refractivity contribution < 1.29 is 9.53 Å². The number of hydrogen-bond acceptors (Lipinski definition) is 2. The van der Waals surface area contributed by atoms with E-state index >= 15 is 0 Å². The molecular weight excluding hydrogens is 336 g/mol. The number of fused-ring (bicyclic) bond motifs is 3. The molecule has 0 fully saturated rings. The summed E-state index contributed by atoms with van der Waals surface area (Å²) in [6, 6.07) is 6.23. The van der Waals surface area contributed by atoms with Crippen molar-refractivity contribution >= 4 is 16.8 Å². The van der Waals surface area contributed by atoms with E-state index in [1.165, 1.54) is 29.5 Å². The average Bonchev–Trinajstić information content (AvgIpc) is 3.02. The number of benzene rings is 1. The Morgan fingerprint density at radius 1 is 1.11 bits per heavy atom. The van der Waals surface area contributed by atoms with Gasteiger partial charge in [-0.15, -0.1) is 0 Å². The van der Waals surface area contributed by atoms with E-state index in [0.29, 0.717) is 6.54 Å². The molecule has 148 valence electrons. The van der Waals surface area contributed by atoms with Crippen molar-refractivity contribution in [2.45, 2.75) is 71.8 Å². The van der Waals surface area contributed by atoms with Gasteiger partial charge in [0.15, 0.2) is 0 Å². The van der Waals surface area contributed by atoms with Crippen molar-refractivity contribution in [1.82, 2.24) is 9.47 Å². The quantitative estimate of drug-likeness (QED) is 0.625. The molecule has 1 aliphatic carbocycles. The minimum Gasteiger partial charge on any atom is -0.496 e. The summed E-state index contributed by atoms with van der Waals surface area (Å²) >= 11 is 0. The van der Waals surface area contributed by atoms with Crippen LogP contribution in [0.2, 0.25) is 0 Å². The van der Waals surface area contributed by atoms with Crippen LogP contribution in [0.4, 0.5) is 0 Å². The Balaban J connectivity index is 1.94. The molecule has 0 N–H and O–H groups in total. The van der Waals surface area contributed by atoms with Crippen molar-refractivity contribution in [1.29, 1.82) is 0 Å². The van der Waals surface area contributed by atoms with Crippen LogP contribution in [0.1, 0.15) is 63.6 Å². The van der Waals surface area contributed by atoms with E-state index in [1.54, 1.807) is 7.11 Å². The maximum Gasteiger partial charge on any atom is 0.242 e. The molecule has 0 spiro atoms. The molecule has 4 heteroatoms. The molecule has 27 heavy (non-hydrogen) atoms. The fourth-order valence-electron chi connectivity index (χ4n) is 4.29. The van der Waals surface area contributed by atoms with Gasteiger partial charge in [-0.1, -0.05) is 32.8 Å². The summed E-state index contributed by atoms with van der Waals surface area (Å²) in [4.78, 5) is 15.3. The molecule has 1 amide bonds. The molecule has 0 aliphatic heterocycles. The first-order valence-corrected chi connectivity index (χ1v) is 10.7. The van der Waals surface area contributed by atoms with Crippen LogP contribution in [0, 0.1) is 0 Å². The zero-order valence-electron chi connectivity index (χ0n) is 17.2. The molecule has 0 unspecified atom stereocenters. The van der Waals surface area contributed by atoms with Crippen molar-refractivity contribution in [2.75, 3.05) is 20.2 Å². The highest BCUT2D eigenvalue weighted by atomic mass is 16.5. The van der Waals surface area contributed by atoms with Gasteiger partial charge in [-0.3, -0.25) is 4.79 Å². The molecule has 0 atom stereocenters. The molecule has 0 saturated carbocycles. The molecule has 1 aromatic carbocycles. The highest BCUT2D eigenvalue weighted by Gasteiger charge is 2.24. The third-order valence-electron chi connectivity index (χ3n) is 5.79. The van der Waals surface area contributed by atoms with Gasteiger partial charge >= 0.3 is 0 Å². The van der Waals surface area contributed by atoms with Gasteiger partial charge in [0, 0.05) is 24.2 Å². The SMILES string of the molecule is CCCCN(CCCC)C(=O)Cn1c2c(c3c(OC)cccc31)CCCC2. The lowest BCUT2D eigenvalue weighted by Crippen LogP contribution is -2.35. The van der Waals surface area contributed by atoms with Crippen molar-refractivity contribution in [3.05, 3.63) is 29.5 Å². The minimum absolute atomic E-state index is 0.255. The zero-order valence-corrected chi connectivity index (χ0v) is 17.2. The Hall–Kier alpha value is -1.97. The first kappa shape index (κ1) is 19.8. The number of unbranched alkanes of at least 4 members (excludes halogenated alkanes) is 2. The molecule has 2 aromatic rings. The molecule has 0 radical (unpaired) electrons. The maximum atomic E-state index is 13.2. The summed E-state index contributed by atoms with van der Waals surface area (Å²) in [5.74, 6) is 1.19. The summed E-state index contributed by atoms with van der Waals surface area (Å²) in [5.41, 5.74) is 3.90. The predicted molar refractivity (Wildman–Crippen MR) is 112 cm³/mol. The largest absolute Gasteiger partial charge is 0.496 e. The smallest absolute Gasteiger partial charge is 0.242 e. The Morgan fingerprint density at radius 3 is 2.48 bits per heavy atom. The Morgan fingerprint density at radius 2 is 1.81 bits per heavy atom. The van der Waals surface area contributed by atoms with Crippen LogP contribution in [0.5, 0.6) is 5.75 Å². The van der Waals surface area contributed by atoms with Gasteiger partial charge in [0.1, 0.15) is 12.3 Å². The summed E-state index contributed by atoms with van der Waals surface area (Å²) in [6.07, 6.45) is 8.96. The van der Waals surface area contributed by atoms with Crippen molar-refractivity contribution in [3.8, 4) is 5.75 Å². The number of rotatable bonds is 9. The fourth-order valence-corrected chi connectivity index (χ4v) is 4.29. The number of carbonyl (C=O) groups excluding carboxylic acids is 1. The van der Waals surface area contributed by atoms with Gasteiger partial charge in [0.05, 0.1) is 12.6 Å². The second kappa shape index (κ2) is 9.29. The van der Waals surface area contributed by atoms with E-state index in [0.717, 1.165) is 62.9 Å². The predicted octanol–water partition coefficient (Wildman–Crippen LogP) is 4.96. The zero-order chi connectivity index (χ0) is 19.2. The van der Waals surface area contributed by atoms with E-state index in [4.69, 9.17) is 4.74 Å². The van der Waals surface area contributed by atoms with Crippen molar-refractivity contribution in [3.63, 3.8) is 0 Å². The number of nitrogens with zero attached hydrogens (tertiary/aromatic N) is 2. The number of aryl methyl sites for hydroxylation is 1. The third kappa shape index (κ3) is 4.15. The van der Waals surface area contributed by atoms with E-state index in [9.17, 15) is 4.79 Å². The van der Waals surface area contributed by atoms with Gasteiger partial charge in [0.2, 0.25) is 5.91 Å². The van der Waals surface area contributed by atoms with Crippen LogP contribution in [0.15, 0.2) is 18.2 Å².